The van der Waals surface area contributed by atoms with Gasteiger partial charge in [0.15, 0.2) is 0 Å². The standard InChI is InChI=1S/C33H34BrN3O5S/c1-3-42-29-17-19-30(20-18-29)43(40,41)37(28-15-8-5-9-16-28)24-32(38)36(23-26-13-10-14-27(34)21-26)31(33(39)35-2)22-25-11-6-4-7-12-25/h4-21,31H,3,22-24H2,1-2H3,(H,35,39). The summed E-state index contributed by atoms with van der Waals surface area (Å²) in [6.07, 6.45) is 0.247. The molecule has 0 fully saturated rings. The van der Waals surface area contributed by atoms with E-state index in [0.717, 1.165) is 19.9 Å². The lowest BCUT2D eigenvalue weighted by Gasteiger charge is -2.33. The van der Waals surface area contributed by atoms with Gasteiger partial charge in [-0.1, -0.05) is 76.6 Å². The van der Waals surface area contributed by atoms with Crippen molar-refractivity contribution in [3.05, 3.63) is 125 Å². The minimum Gasteiger partial charge on any atom is -0.494 e. The smallest absolute Gasteiger partial charge is 0.264 e. The SMILES string of the molecule is CCOc1ccc(S(=O)(=O)N(CC(=O)N(Cc2cccc(Br)c2)C(Cc2ccccc2)C(=O)NC)c2ccccc2)cc1. The summed E-state index contributed by atoms with van der Waals surface area (Å²) in [5, 5.41) is 2.69. The molecule has 4 aromatic rings. The molecule has 0 saturated heterocycles. The number of likely N-dealkylation sites (N-methyl/N-ethyl adjacent to an activating group) is 1. The zero-order valence-corrected chi connectivity index (χ0v) is 26.4. The highest BCUT2D eigenvalue weighted by molar-refractivity contribution is 9.10. The number of hydrogen-bond acceptors (Lipinski definition) is 5. The number of sulfonamides is 1. The third-order valence-electron chi connectivity index (χ3n) is 6.81. The Hall–Kier alpha value is -4.15. The summed E-state index contributed by atoms with van der Waals surface area (Å²) in [5.41, 5.74) is 1.97. The molecule has 0 radical (unpaired) electrons. The van der Waals surface area contributed by atoms with E-state index < -0.39 is 28.5 Å². The lowest BCUT2D eigenvalue weighted by molar-refractivity contribution is -0.139. The maximum atomic E-state index is 14.3. The van der Waals surface area contributed by atoms with Gasteiger partial charge in [-0.15, -0.1) is 0 Å². The Morgan fingerprint density at radius 3 is 2.09 bits per heavy atom. The molecule has 0 aliphatic rings. The van der Waals surface area contributed by atoms with Gasteiger partial charge >= 0.3 is 0 Å². The number of hydrogen-bond donors (Lipinski definition) is 1. The van der Waals surface area contributed by atoms with E-state index in [1.807, 2.05) is 61.5 Å². The number of nitrogens with one attached hydrogen (secondary N) is 1. The van der Waals surface area contributed by atoms with Crippen LogP contribution in [0.4, 0.5) is 5.69 Å². The van der Waals surface area contributed by atoms with Crippen molar-refractivity contribution >= 4 is 43.5 Å². The highest BCUT2D eigenvalue weighted by Crippen LogP contribution is 2.26. The molecular weight excluding hydrogens is 630 g/mol. The van der Waals surface area contributed by atoms with Crippen LogP contribution in [0.15, 0.2) is 119 Å². The molecule has 0 aliphatic carbocycles. The van der Waals surface area contributed by atoms with E-state index in [4.69, 9.17) is 4.74 Å². The quantitative estimate of drug-likeness (QED) is 0.206. The lowest BCUT2D eigenvalue weighted by Crippen LogP contribution is -2.53. The molecule has 0 aromatic heterocycles. The molecular formula is C33H34BrN3O5S. The molecule has 0 bridgehead atoms. The normalized spacial score (nSPS) is 11.8. The fraction of sp³-hybridized carbons (Fsp3) is 0.212. The van der Waals surface area contributed by atoms with Crippen LogP contribution in [0.1, 0.15) is 18.1 Å². The summed E-state index contributed by atoms with van der Waals surface area (Å²) in [6.45, 7) is 1.86. The minimum atomic E-state index is -4.18. The first-order valence-electron chi connectivity index (χ1n) is 13.8. The lowest BCUT2D eigenvalue weighted by atomic mass is 10.0. The van der Waals surface area contributed by atoms with Crippen molar-refractivity contribution in [3.8, 4) is 5.75 Å². The van der Waals surface area contributed by atoms with Crippen LogP contribution in [0.2, 0.25) is 0 Å². The zero-order chi connectivity index (χ0) is 30.8. The summed E-state index contributed by atoms with van der Waals surface area (Å²) in [6, 6.07) is 30.5. The van der Waals surface area contributed by atoms with Gasteiger partial charge in [-0.2, -0.15) is 0 Å². The molecule has 0 heterocycles. The van der Waals surface area contributed by atoms with Crippen LogP contribution >= 0.6 is 15.9 Å². The Morgan fingerprint density at radius 1 is 0.860 bits per heavy atom. The van der Waals surface area contributed by atoms with Gasteiger partial charge in [0.1, 0.15) is 18.3 Å². The summed E-state index contributed by atoms with van der Waals surface area (Å²) in [5.74, 6) is -0.339. The number of carbonyl (C=O) groups is 2. The molecule has 4 aromatic carbocycles. The Kier molecular flexibility index (Phi) is 11.0. The van der Waals surface area contributed by atoms with E-state index in [1.54, 1.807) is 42.5 Å². The molecule has 1 N–H and O–H groups in total. The molecule has 1 atom stereocenters. The number of benzene rings is 4. The zero-order valence-electron chi connectivity index (χ0n) is 24.0. The monoisotopic (exact) mass is 663 g/mol. The molecule has 0 saturated carbocycles. The molecule has 0 spiro atoms. The number of rotatable bonds is 13. The van der Waals surface area contributed by atoms with E-state index in [9.17, 15) is 18.0 Å². The number of para-hydroxylation sites is 1. The van der Waals surface area contributed by atoms with Gasteiger partial charge in [0.25, 0.3) is 10.0 Å². The predicted octanol–water partition coefficient (Wildman–Crippen LogP) is 5.43. The van der Waals surface area contributed by atoms with Crippen LogP contribution < -0.4 is 14.4 Å². The Bertz CT molecular complexity index is 1620. The highest BCUT2D eigenvalue weighted by atomic mass is 79.9. The number of halogens is 1. The molecule has 1 unspecified atom stereocenters. The minimum absolute atomic E-state index is 0.0123. The van der Waals surface area contributed by atoms with E-state index in [0.29, 0.717) is 18.0 Å². The second-order valence-electron chi connectivity index (χ2n) is 9.72. The van der Waals surface area contributed by atoms with Crippen molar-refractivity contribution in [2.45, 2.75) is 30.8 Å². The Morgan fingerprint density at radius 2 is 1.49 bits per heavy atom. The second kappa shape index (κ2) is 14.8. The van der Waals surface area contributed by atoms with Gasteiger partial charge in [0, 0.05) is 24.5 Å². The van der Waals surface area contributed by atoms with E-state index in [2.05, 4.69) is 21.2 Å². The highest BCUT2D eigenvalue weighted by Gasteiger charge is 2.34. The first kappa shape index (κ1) is 31.8. The van der Waals surface area contributed by atoms with Gasteiger partial charge in [0.2, 0.25) is 11.8 Å². The molecule has 10 heteroatoms. The predicted molar refractivity (Wildman–Crippen MR) is 171 cm³/mol. The maximum absolute atomic E-state index is 14.3. The molecule has 0 aliphatic heterocycles. The van der Waals surface area contributed by atoms with Crippen LogP contribution in [0.5, 0.6) is 5.75 Å². The van der Waals surface area contributed by atoms with Crippen molar-refractivity contribution in [3.63, 3.8) is 0 Å². The summed E-state index contributed by atoms with van der Waals surface area (Å²) >= 11 is 3.48. The van der Waals surface area contributed by atoms with Crippen molar-refractivity contribution in [1.82, 2.24) is 10.2 Å². The van der Waals surface area contributed by atoms with Gasteiger partial charge in [0.05, 0.1) is 17.2 Å². The van der Waals surface area contributed by atoms with Gasteiger partial charge in [-0.05, 0) is 66.6 Å². The van der Waals surface area contributed by atoms with Crippen molar-refractivity contribution in [1.29, 1.82) is 0 Å². The average Bonchev–Trinajstić information content (AvgIpc) is 3.02. The third kappa shape index (κ3) is 8.24. The topological polar surface area (TPSA) is 96.0 Å². The Labute approximate surface area is 261 Å². The van der Waals surface area contributed by atoms with Gasteiger partial charge in [-0.25, -0.2) is 8.42 Å². The van der Waals surface area contributed by atoms with Gasteiger partial charge < -0.3 is 15.0 Å². The number of carbonyl (C=O) groups excluding carboxylic acids is 2. The first-order chi connectivity index (χ1) is 20.7. The molecule has 2 amide bonds. The summed E-state index contributed by atoms with van der Waals surface area (Å²) in [4.78, 5) is 29.1. The van der Waals surface area contributed by atoms with Crippen LogP contribution in [0.3, 0.4) is 0 Å². The van der Waals surface area contributed by atoms with Crippen LogP contribution in [-0.2, 0) is 32.6 Å². The van der Waals surface area contributed by atoms with E-state index in [1.165, 1.54) is 24.1 Å². The summed E-state index contributed by atoms with van der Waals surface area (Å²) in [7, 11) is -2.66. The van der Waals surface area contributed by atoms with E-state index in [-0.39, 0.29) is 23.8 Å². The van der Waals surface area contributed by atoms with Gasteiger partial charge in [-0.3, -0.25) is 13.9 Å². The Balaban J connectivity index is 1.75. The van der Waals surface area contributed by atoms with Crippen LogP contribution in [-0.4, -0.2) is 51.4 Å². The largest absolute Gasteiger partial charge is 0.494 e. The van der Waals surface area contributed by atoms with E-state index >= 15 is 0 Å². The number of amides is 2. The van der Waals surface area contributed by atoms with Crippen molar-refractivity contribution in [2.24, 2.45) is 0 Å². The molecule has 224 valence electrons. The average molecular weight is 665 g/mol. The van der Waals surface area contributed by atoms with Crippen molar-refractivity contribution in [2.75, 3.05) is 24.5 Å². The number of anilines is 1. The first-order valence-corrected chi connectivity index (χ1v) is 16.1. The molecule has 4 rings (SSSR count). The number of ether oxygens (including phenoxy) is 1. The summed E-state index contributed by atoms with van der Waals surface area (Å²) < 4.78 is 35.5. The second-order valence-corrected chi connectivity index (χ2v) is 12.5. The fourth-order valence-electron chi connectivity index (χ4n) is 4.68. The molecule has 43 heavy (non-hydrogen) atoms. The fourth-order valence-corrected chi connectivity index (χ4v) is 6.54. The van der Waals surface area contributed by atoms with Crippen LogP contribution in [0.25, 0.3) is 0 Å². The van der Waals surface area contributed by atoms with Crippen molar-refractivity contribution < 1.29 is 22.7 Å². The third-order valence-corrected chi connectivity index (χ3v) is 9.09. The van der Waals surface area contributed by atoms with Crippen LogP contribution in [0, 0.1) is 0 Å². The molecule has 8 nitrogen and oxygen atoms in total. The number of nitrogens with zero attached hydrogens (tertiary/aromatic N) is 2. The maximum Gasteiger partial charge on any atom is 0.264 e.